The summed E-state index contributed by atoms with van der Waals surface area (Å²) in [6.45, 7) is 6.51. The molecule has 2 rings (SSSR count). The smallest absolute Gasteiger partial charge is 0.183 e. The van der Waals surface area contributed by atoms with E-state index in [-0.39, 0.29) is 16.4 Å². The van der Waals surface area contributed by atoms with Crippen molar-refractivity contribution in [3.05, 3.63) is 23.8 Å². The van der Waals surface area contributed by atoms with Gasteiger partial charge < -0.3 is 10.1 Å². The number of hydrogen-bond donors (Lipinski definition) is 1. The van der Waals surface area contributed by atoms with E-state index in [1.54, 1.807) is 19.1 Å². The molecule has 0 amide bonds. The maximum Gasteiger partial charge on any atom is 0.183 e. The van der Waals surface area contributed by atoms with Crippen LogP contribution in [0, 0.1) is 12.8 Å². The predicted octanol–water partition coefficient (Wildman–Crippen LogP) is 1.58. The van der Waals surface area contributed by atoms with E-state index >= 15 is 0 Å². The average Bonchev–Trinajstić information content (AvgIpc) is 2.82. The minimum Gasteiger partial charge on any atom is -0.496 e. The van der Waals surface area contributed by atoms with Gasteiger partial charge in [0, 0.05) is 6.04 Å². The van der Waals surface area contributed by atoms with E-state index in [1.807, 2.05) is 0 Å². The summed E-state index contributed by atoms with van der Waals surface area (Å²) in [5.74, 6) is 0.596. The van der Waals surface area contributed by atoms with Gasteiger partial charge in [-0.05, 0) is 49.6 Å². The fourth-order valence-electron chi connectivity index (χ4n) is 3.07. The number of aryl methyl sites for hydroxylation is 1. The van der Waals surface area contributed by atoms with Crippen LogP contribution in [0.15, 0.2) is 23.1 Å². The number of ether oxygens (including phenoxy) is 1. The normalized spacial score (nSPS) is 23.1. The van der Waals surface area contributed by atoms with Gasteiger partial charge in [0.25, 0.3) is 0 Å². The third-order valence-corrected chi connectivity index (χ3v) is 8.67. The molecule has 6 nitrogen and oxygen atoms in total. The van der Waals surface area contributed by atoms with Crippen LogP contribution in [0.3, 0.4) is 0 Å². The van der Waals surface area contributed by atoms with Crippen LogP contribution in [0.25, 0.3) is 0 Å². The molecule has 142 valence electrons. The maximum atomic E-state index is 13.0. The topological polar surface area (TPSA) is 89.5 Å². The molecule has 25 heavy (non-hydrogen) atoms. The van der Waals surface area contributed by atoms with Crippen LogP contribution in [0.5, 0.6) is 5.75 Å². The summed E-state index contributed by atoms with van der Waals surface area (Å²) in [5.41, 5.74) is 0.703. The Morgan fingerprint density at radius 3 is 2.52 bits per heavy atom. The lowest BCUT2D eigenvalue weighted by atomic mass is 10.1. The minimum atomic E-state index is -3.75. The van der Waals surface area contributed by atoms with Gasteiger partial charge in [-0.2, -0.15) is 0 Å². The summed E-state index contributed by atoms with van der Waals surface area (Å²) in [6, 6.07) is 4.06. The van der Waals surface area contributed by atoms with Gasteiger partial charge in [0.15, 0.2) is 19.7 Å². The lowest BCUT2D eigenvalue weighted by Crippen LogP contribution is -2.43. The SMILES string of the molecule is COc1ccc(S(=O)(=O)[C@H]2CS(=O)(=O)C[C@@H]2NCCC(C)C)cc1C. The Morgan fingerprint density at radius 1 is 1.28 bits per heavy atom. The Hall–Kier alpha value is -1.12. The van der Waals surface area contributed by atoms with E-state index in [4.69, 9.17) is 4.74 Å². The van der Waals surface area contributed by atoms with Gasteiger partial charge in [0.1, 0.15) is 5.75 Å². The third kappa shape index (κ3) is 4.74. The predicted molar refractivity (Wildman–Crippen MR) is 98.6 cm³/mol. The van der Waals surface area contributed by atoms with Crippen molar-refractivity contribution in [2.75, 3.05) is 25.2 Å². The molecule has 0 spiro atoms. The third-order valence-electron chi connectivity index (χ3n) is 4.52. The first-order valence-electron chi connectivity index (χ1n) is 8.39. The molecule has 1 aromatic rings. The number of sulfone groups is 2. The van der Waals surface area contributed by atoms with Gasteiger partial charge in [-0.25, -0.2) is 16.8 Å². The molecule has 2 atom stereocenters. The van der Waals surface area contributed by atoms with Crippen LogP contribution in [0.4, 0.5) is 0 Å². The van der Waals surface area contributed by atoms with Crippen molar-refractivity contribution in [1.29, 1.82) is 0 Å². The standard InChI is InChI=1S/C17H27NO5S2/c1-12(2)7-8-18-15-10-24(19,20)11-17(15)25(21,22)14-5-6-16(23-4)13(3)9-14/h5-6,9,12,15,17-18H,7-8,10-11H2,1-4H3/t15-,17-/m0/s1. The highest BCUT2D eigenvalue weighted by Crippen LogP contribution is 2.29. The van der Waals surface area contributed by atoms with Gasteiger partial charge in [-0.1, -0.05) is 13.8 Å². The summed E-state index contributed by atoms with van der Waals surface area (Å²) in [5, 5.41) is 2.19. The van der Waals surface area contributed by atoms with Gasteiger partial charge in [0.05, 0.1) is 28.8 Å². The van der Waals surface area contributed by atoms with Crippen LogP contribution < -0.4 is 10.1 Å². The zero-order chi connectivity index (χ0) is 18.8. The molecule has 1 N–H and O–H groups in total. The summed E-state index contributed by atoms with van der Waals surface area (Å²) < 4.78 is 55.4. The van der Waals surface area contributed by atoms with Crippen LogP contribution in [-0.2, 0) is 19.7 Å². The van der Waals surface area contributed by atoms with Crippen molar-refractivity contribution < 1.29 is 21.6 Å². The average molecular weight is 390 g/mol. The lowest BCUT2D eigenvalue weighted by Gasteiger charge is -2.21. The van der Waals surface area contributed by atoms with Crippen LogP contribution >= 0.6 is 0 Å². The van der Waals surface area contributed by atoms with E-state index in [2.05, 4.69) is 19.2 Å². The van der Waals surface area contributed by atoms with E-state index in [0.717, 1.165) is 6.42 Å². The first-order chi connectivity index (χ1) is 11.6. The summed E-state index contributed by atoms with van der Waals surface area (Å²) in [4.78, 5) is 0.142. The van der Waals surface area contributed by atoms with Crippen LogP contribution in [0.2, 0.25) is 0 Å². The quantitative estimate of drug-likeness (QED) is 0.761. The number of methoxy groups -OCH3 is 1. The molecular weight excluding hydrogens is 362 g/mol. The second-order valence-electron chi connectivity index (χ2n) is 7.03. The van der Waals surface area contributed by atoms with E-state index in [9.17, 15) is 16.8 Å². The van der Waals surface area contributed by atoms with Crippen molar-refractivity contribution in [3.63, 3.8) is 0 Å². The zero-order valence-corrected chi connectivity index (χ0v) is 16.8. The molecule has 1 aromatic carbocycles. The van der Waals surface area contributed by atoms with E-state index < -0.39 is 31.0 Å². The summed E-state index contributed by atoms with van der Waals surface area (Å²) in [6.07, 6.45) is 0.866. The molecule has 0 aromatic heterocycles. The second kappa shape index (κ2) is 7.63. The Labute approximate surface area is 150 Å². The first kappa shape index (κ1) is 20.2. The zero-order valence-electron chi connectivity index (χ0n) is 15.2. The number of rotatable bonds is 7. The molecule has 1 heterocycles. The molecule has 0 saturated carbocycles. The highest BCUT2D eigenvalue weighted by atomic mass is 32.2. The maximum absolute atomic E-state index is 13.0. The molecule has 0 aliphatic carbocycles. The van der Waals surface area contributed by atoms with Gasteiger partial charge in [0.2, 0.25) is 0 Å². The summed E-state index contributed by atoms with van der Waals surface area (Å²) >= 11 is 0. The van der Waals surface area contributed by atoms with E-state index in [0.29, 0.717) is 23.8 Å². The second-order valence-corrected chi connectivity index (χ2v) is 11.4. The Bertz CT molecular complexity index is 815. The van der Waals surface area contributed by atoms with Crippen molar-refractivity contribution in [2.45, 2.75) is 43.4 Å². The van der Waals surface area contributed by atoms with Gasteiger partial charge in [-0.3, -0.25) is 0 Å². The fourth-order valence-corrected chi connectivity index (χ4v) is 7.87. The monoisotopic (exact) mass is 389 g/mol. The Balaban J connectivity index is 2.29. The van der Waals surface area contributed by atoms with E-state index in [1.165, 1.54) is 13.2 Å². The molecule has 1 aliphatic heterocycles. The van der Waals surface area contributed by atoms with Crippen LogP contribution in [-0.4, -0.2) is 53.3 Å². The van der Waals surface area contributed by atoms with Crippen LogP contribution in [0.1, 0.15) is 25.8 Å². The molecule has 1 saturated heterocycles. The first-order valence-corrected chi connectivity index (χ1v) is 11.8. The van der Waals surface area contributed by atoms with Crippen molar-refractivity contribution in [3.8, 4) is 5.75 Å². The van der Waals surface area contributed by atoms with Crippen molar-refractivity contribution in [2.24, 2.45) is 5.92 Å². The largest absolute Gasteiger partial charge is 0.496 e. The van der Waals surface area contributed by atoms with Crippen molar-refractivity contribution in [1.82, 2.24) is 5.32 Å². The number of hydrogen-bond acceptors (Lipinski definition) is 6. The lowest BCUT2D eigenvalue weighted by molar-refractivity contribution is 0.411. The molecule has 0 unspecified atom stereocenters. The molecule has 1 fully saturated rings. The Morgan fingerprint density at radius 2 is 1.96 bits per heavy atom. The van der Waals surface area contributed by atoms with Gasteiger partial charge >= 0.3 is 0 Å². The molecular formula is C17H27NO5S2. The molecule has 1 aliphatic rings. The fraction of sp³-hybridized carbons (Fsp3) is 0.647. The Kier molecular flexibility index (Phi) is 6.17. The highest BCUT2D eigenvalue weighted by molar-refractivity contribution is 7.96. The van der Waals surface area contributed by atoms with Gasteiger partial charge in [-0.15, -0.1) is 0 Å². The number of benzene rings is 1. The van der Waals surface area contributed by atoms with Crippen molar-refractivity contribution >= 4 is 19.7 Å². The molecule has 0 radical (unpaired) electrons. The highest BCUT2D eigenvalue weighted by Gasteiger charge is 2.45. The molecule has 0 bridgehead atoms. The summed E-state index contributed by atoms with van der Waals surface area (Å²) in [7, 11) is -5.61. The number of nitrogens with one attached hydrogen (secondary N) is 1. The minimum absolute atomic E-state index is 0.135. The molecule has 8 heteroatoms.